The van der Waals surface area contributed by atoms with Gasteiger partial charge in [0.05, 0.1) is 17.8 Å². The van der Waals surface area contributed by atoms with Gasteiger partial charge in [0.15, 0.2) is 0 Å². The SMILES string of the molecule is CCCC(O)C=C=C1C(C)(O)CC(O)C1(C)C. The van der Waals surface area contributed by atoms with Crippen molar-refractivity contribution in [3.05, 3.63) is 17.4 Å². The van der Waals surface area contributed by atoms with E-state index in [0.717, 1.165) is 6.42 Å². The van der Waals surface area contributed by atoms with Gasteiger partial charge in [-0.05, 0) is 19.4 Å². The average molecular weight is 240 g/mol. The van der Waals surface area contributed by atoms with E-state index in [0.29, 0.717) is 18.4 Å². The summed E-state index contributed by atoms with van der Waals surface area (Å²) in [5.74, 6) is 0. The number of aliphatic hydroxyl groups excluding tert-OH is 2. The van der Waals surface area contributed by atoms with Gasteiger partial charge in [0.2, 0.25) is 0 Å². The first-order valence-electron chi connectivity index (χ1n) is 6.28. The van der Waals surface area contributed by atoms with Crippen LogP contribution in [-0.2, 0) is 0 Å². The molecule has 0 amide bonds. The van der Waals surface area contributed by atoms with Crippen LogP contribution in [0.15, 0.2) is 17.4 Å². The molecule has 1 saturated carbocycles. The maximum atomic E-state index is 10.2. The van der Waals surface area contributed by atoms with Crippen LogP contribution in [0.2, 0.25) is 0 Å². The maximum absolute atomic E-state index is 10.2. The highest BCUT2D eigenvalue weighted by atomic mass is 16.3. The van der Waals surface area contributed by atoms with E-state index < -0.39 is 23.2 Å². The molecule has 0 spiro atoms. The largest absolute Gasteiger partial charge is 0.392 e. The number of rotatable bonds is 3. The van der Waals surface area contributed by atoms with Crippen LogP contribution in [0.25, 0.3) is 0 Å². The van der Waals surface area contributed by atoms with Gasteiger partial charge in [-0.15, -0.1) is 5.73 Å². The van der Waals surface area contributed by atoms with Crippen molar-refractivity contribution in [3.63, 3.8) is 0 Å². The summed E-state index contributed by atoms with van der Waals surface area (Å²) >= 11 is 0. The smallest absolute Gasteiger partial charge is 0.0933 e. The lowest BCUT2D eigenvalue weighted by Crippen LogP contribution is -2.26. The van der Waals surface area contributed by atoms with Gasteiger partial charge in [0, 0.05) is 17.4 Å². The fourth-order valence-corrected chi connectivity index (χ4v) is 2.49. The Morgan fingerprint density at radius 1 is 1.47 bits per heavy atom. The molecular formula is C14H24O3. The van der Waals surface area contributed by atoms with Crippen LogP contribution < -0.4 is 0 Å². The monoisotopic (exact) mass is 240 g/mol. The molecule has 1 rings (SSSR count). The Hall–Kier alpha value is -0.600. The zero-order valence-corrected chi connectivity index (χ0v) is 11.2. The van der Waals surface area contributed by atoms with Crippen molar-refractivity contribution in [1.29, 1.82) is 0 Å². The van der Waals surface area contributed by atoms with E-state index in [1.54, 1.807) is 13.0 Å². The molecular weight excluding hydrogens is 216 g/mol. The molecule has 1 fully saturated rings. The normalized spacial score (nSPS) is 33.4. The molecule has 3 atom stereocenters. The Balaban J connectivity index is 3.05. The van der Waals surface area contributed by atoms with Crippen LogP contribution >= 0.6 is 0 Å². The van der Waals surface area contributed by atoms with E-state index in [1.807, 2.05) is 20.8 Å². The Bertz CT molecular complexity index is 335. The lowest BCUT2D eigenvalue weighted by Gasteiger charge is -2.25. The van der Waals surface area contributed by atoms with Crippen LogP contribution in [0, 0.1) is 5.41 Å². The second kappa shape index (κ2) is 4.95. The van der Waals surface area contributed by atoms with Crippen LogP contribution in [-0.4, -0.2) is 33.1 Å². The topological polar surface area (TPSA) is 60.7 Å². The molecule has 3 heteroatoms. The molecule has 0 aliphatic heterocycles. The number of aliphatic hydroxyl groups is 3. The Labute approximate surface area is 103 Å². The average Bonchev–Trinajstić information content (AvgIpc) is 2.30. The van der Waals surface area contributed by atoms with Gasteiger partial charge < -0.3 is 15.3 Å². The quantitative estimate of drug-likeness (QED) is 0.659. The van der Waals surface area contributed by atoms with Crippen molar-refractivity contribution >= 4 is 0 Å². The number of hydrogen-bond donors (Lipinski definition) is 3. The summed E-state index contributed by atoms with van der Waals surface area (Å²) < 4.78 is 0. The molecule has 3 unspecified atom stereocenters. The van der Waals surface area contributed by atoms with Gasteiger partial charge in [-0.25, -0.2) is 0 Å². The van der Waals surface area contributed by atoms with Gasteiger partial charge >= 0.3 is 0 Å². The predicted octanol–water partition coefficient (Wildman–Crippen LogP) is 1.77. The number of hydrogen-bond acceptors (Lipinski definition) is 3. The maximum Gasteiger partial charge on any atom is 0.0933 e. The molecule has 98 valence electrons. The van der Waals surface area contributed by atoms with Crippen LogP contribution in [0.3, 0.4) is 0 Å². The van der Waals surface area contributed by atoms with Crippen molar-refractivity contribution in [2.24, 2.45) is 5.41 Å². The lowest BCUT2D eigenvalue weighted by atomic mass is 9.82. The molecule has 3 nitrogen and oxygen atoms in total. The van der Waals surface area contributed by atoms with E-state index in [4.69, 9.17) is 0 Å². The fourth-order valence-electron chi connectivity index (χ4n) is 2.49. The molecule has 17 heavy (non-hydrogen) atoms. The zero-order chi connectivity index (χ0) is 13.3. The molecule has 0 radical (unpaired) electrons. The minimum atomic E-state index is -1.04. The van der Waals surface area contributed by atoms with Crippen molar-refractivity contribution in [1.82, 2.24) is 0 Å². The van der Waals surface area contributed by atoms with Gasteiger partial charge in [0.25, 0.3) is 0 Å². The second-order valence-corrected chi connectivity index (χ2v) is 5.76. The van der Waals surface area contributed by atoms with Crippen molar-refractivity contribution in [2.45, 2.75) is 64.8 Å². The highest BCUT2D eigenvalue weighted by molar-refractivity contribution is 5.30. The fraction of sp³-hybridized carbons (Fsp3) is 0.786. The van der Waals surface area contributed by atoms with E-state index in [2.05, 4.69) is 5.73 Å². The summed E-state index contributed by atoms with van der Waals surface area (Å²) in [6.07, 6.45) is 2.39. The predicted molar refractivity (Wildman–Crippen MR) is 67.5 cm³/mol. The standard InChI is InChI=1S/C14H24O3/c1-5-6-10(15)7-8-11-13(2,3)12(16)9-14(11,4)17/h7,10,12,15-17H,5-6,9H2,1-4H3. The second-order valence-electron chi connectivity index (χ2n) is 5.76. The third-order valence-corrected chi connectivity index (χ3v) is 3.61. The zero-order valence-electron chi connectivity index (χ0n) is 11.2. The Kier molecular flexibility index (Phi) is 4.21. The van der Waals surface area contributed by atoms with Gasteiger partial charge in [-0.3, -0.25) is 0 Å². The van der Waals surface area contributed by atoms with Crippen molar-refractivity contribution < 1.29 is 15.3 Å². The summed E-state index contributed by atoms with van der Waals surface area (Å²) in [7, 11) is 0. The lowest BCUT2D eigenvalue weighted by molar-refractivity contribution is 0.0591. The molecule has 3 N–H and O–H groups in total. The van der Waals surface area contributed by atoms with E-state index in [-0.39, 0.29) is 0 Å². The molecule has 1 aliphatic rings. The van der Waals surface area contributed by atoms with Crippen LogP contribution in [0.5, 0.6) is 0 Å². The summed E-state index contributed by atoms with van der Waals surface area (Å²) in [4.78, 5) is 0. The Morgan fingerprint density at radius 3 is 2.47 bits per heavy atom. The van der Waals surface area contributed by atoms with E-state index >= 15 is 0 Å². The molecule has 0 bridgehead atoms. The van der Waals surface area contributed by atoms with Crippen molar-refractivity contribution in [3.8, 4) is 0 Å². The van der Waals surface area contributed by atoms with E-state index in [1.165, 1.54) is 0 Å². The minimum absolute atomic E-state index is 0.319. The van der Waals surface area contributed by atoms with Gasteiger partial charge in [0.1, 0.15) is 0 Å². The highest BCUT2D eigenvalue weighted by Gasteiger charge is 2.50. The first kappa shape index (κ1) is 14.5. The van der Waals surface area contributed by atoms with E-state index in [9.17, 15) is 15.3 Å². The summed E-state index contributed by atoms with van der Waals surface area (Å²) in [5.41, 5.74) is 2.15. The first-order valence-corrected chi connectivity index (χ1v) is 6.28. The first-order chi connectivity index (χ1) is 7.71. The molecule has 0 aromatic heterocycles. The summed E-state index contributed by atoms with van der Waals surface area (Å²) in [5, 5.41) is 29.8. The Morgan fingerprint density at radius 2 is 2.06 bits per heavy atom. The van der Waals surface area contributed by atoms with Crippen LogP contribution in [0.1, 0.15) is 47.0 Å². The van der Waals surface area contributed by atoms with Crippen LogP contribution in [0.4, 0.5) is 0 Å². The molecule has 0 aromatic carbocycles. The minimum Gasteiger partial charge on any atom is -0.392 e. The molecule has 0 saturated heterocycles. The third kappa shape index (κ3) is 2.99. The molecule has 0 heterocycles. The highest BCUT2D eigenvalue weighted by Crippen LogP contribution is 2.47. The van der Waals surface area contributed by atoms with Crippen molar-refractivity contribution in [2.75, 3.05) is 0 Å². The summed E-state index contributed by atoms with van der Waals surface area (Å²) in [6.45, 7) is 7.47. The molecule has 1 aliphatic carbocycles. The third-order valence-electron chi connectivity index (χ3n) is 3.61. The van der Waals surface area contributed by atoms with Gasteiger partial charge in [-0.1, -0.05) is 27.2 Å². The molecule has 0 aromatic rings. The summed E-state index contributed by atoms with van der Waals surface area (Å²) in [6, 6.07) is 0. The van der Waals surface area contributed by atoms with Gasteiger partial charge in [-0.2, -0.15) is 0 Å².